The molecule has 0 radical (unpaired) electrons. The van der Waals surface area contributed by atoms with Gasteiger partial charge in [-0.25, -0.2) is 0 Å². The van der Waals surface area contributed by atoms with Gasteiger partial charge >= 0.3 is 0 Å². The molecular weight excluding hydrogens is 342 g/mol. The first kappa shape index (κ1) is 22.8. The summed E-state index contributed by atoms with van der Waals surface area (Å²) in [6.45, 7) is 7.57. The highest BCUT2D eigenvalue weighted by Gasteiger charge is 2.19. The number of allylic oxidation sites excluding steroid dienone is 2. The average Bonchev–Trinajstić information content (AvgIpc) is 2.91. The molecule has 0 aromatic carbocycles. The van der Waals surface area contributed by atoms with Crippen LogP contribution in [0.15, 0.2) is 35.5 Å². The van der Waals surface area contributed by atoms with Crippen molar-refractivity contribution in [2.75, 3.05) is 19.6 Å². The normalized spacial score (nSPS) is 15.9. The van der Waals surface area contributed by atoms with Crippen LogP contribution >= 0.6 is 0 Å². The van der Waals surface area contributed by atoms with Crippen LogP contribution in [-0.4, -0.2) is 48.7 Å². The minimum absolute atomic E-state index is 0.0490. The Bertz CT molecular complexity index is 602. The molecule has 0 spiro atoms. The summed E-state index contributed by atoms with van der Waals surface area (Å²) in [5, 5.41) is 2.80. The van der Waals surface area contributed by atoms with Crippen LogP contribution in [0.4, 0.5) is 0 Å². The maximum atomic E-state index is 12.8. The Labute approximate surface area is 162 Å². The van der Waals surface area contributed by atoms with E-state index in [9.17, 15) is 14.4 Å². The lowest BCUT2D eigenvalue weighted by atomic mass is 10.0. The summed E-state index contributed by atoms with van der Waals surface area (Å²) in [5.74, 6) is -0.437. The average molecular weight is 376 g/mol. The standard InChI is InChI=1S/C21H33N3O3/c1-4-10-24(11-5-2)21(27)18-9-7-6-8-17(13-18)20(26)23-14-19(22)12-16(3)15-25/h7-9,13,15-16,19H,4-6,10-12,14,22H2,1-3H3,(H,23,26). The smallest absolute Gasteiger partial charge is 0.253 e. The lowest BCUT2D eigenvalue weighted by Crippen LogP contribution is -2.39. The largest absolute Gasteiger partial charge is 0.350 e. The van der Waals surface area contributed by atoms with Gasteiger partial charge in [-0.2, -0.15) is 0 Å². The molecule has 0 bridgehead atoms. The van der Waals surface area contributed by atoms with Crippen molar-refractivity contribution in [2.24, 2.45) is 11.7 Å². The highest BCUT2D eigenvalue weighted by Crippen LogP contribution is 2.15. The van der Waals surface area contributed by atoms with Crippen molar-refractivity contribution in [2.45, 2.75) is 52.5 Å². The molecular formula is C21H33N3O3. The highest BCUT2D eigenvalue weighted by atomic mass is 16.2. The Morgan fingerprint density at radius 1 is 1.26 bits per heavy atom. The summed E-state index contributed by atoms with van der Waals surface area (Å²) in [5.41, 5.74) is 6.95. The van der Waals surface area contributed by atoms with E-state index in [1.807, 2.05) is 24.8 Å². The van der Waals surface area contributed by atoms with Crippen LogP contribution in [0.2, 0.25) is 0 Å². The lowest BCUT2D eigenvalue weighted by molar-refractivity contribution is -0.126. The fourth-order valence-corrected chi connectivity index (χ4v) is 2.94. The van der Waals surface area contributed by atoms with Gasteiger partial charge in [-0.15, -0.1) is 0 Å². The third-order valence-corrected chi connectivity index (χ3v) is 4.30. The number of aldehydes is 1. The van der Waals surface area contributed by atoms with Gasteiger partial charge in [0.05, 0.1) is 0 Å². The van der Waals surface area contributed by atoms with Gasteiger partial charge in [0.1, 0.15) is 6.29 Å². The second kappa shape index (κ2) is 12.2. The molecule has 0 aromatic heterocycles. The summed E-state index contributed by atoms with van der Waals surface area (Å²) in [4.78, 5) is 37.8. The summed E-state index contributed by atoms with van der Waals surface area (Å²) in [6.07, 6.45) is 10.9. The number of amides is 2. The number of nitrogens with zero attached hydrogens (tertiary/aromatic N) is 1. The van der Waals surface area contributed by atoms with Crippen LogP contribution in [-0.2, 0) is 14.4 Å². The molecule has 0 saturated heterocycles. The van der Waals surface area contributed by atoms with Crippen molar-refractivity contribution in [1.82, 2.24) is 10.2 Å². The number of carbonyl (C=O) groups is 3. The first-order valence-electron chi connectivity index (χ1n) is 9.79. The SMILES string of the molecule is CCCN(CCC)C(=O)C1=CC(C(=O)NCC(N)CC(C)C=O)=CCC=C1. The van der Waals surface area contributed by atoms with Crippen molar-refractivity contribution in [1.29, 1.82) is 0 Å². The molecule has 0 aromatic rings. The van der Waals surface area contributed by atoms with Gasteiger partial charge in [-0.05, 0) is 31.8 Å². The van der Waals surface area contributed by atoms with Crippen molar-refractivity contribution in [3.63, 3.8) is 0 Å². The molecule has 1 rings (SSSR count). The van der Waals surface area contributed by atoms with Crippen LogP contribution < -0.4 is 11.1 Å². The Morgan fingerprint density at radius 3 is 2.52 bits per heavy atom. The lowest BCUT2D eigenvalue weighted by Gasteiger charge is -2.22. The molecule has 150 valence electrons. The summed E-state index contributed by atoms with van der Waals surface area (Å²) in [7, 11) is 0. The van der Waals surface area contributed by atoms with E-state index < -0.39 is 0 Å². The number of carbonyl (C=O) groups excluding carboxylic acids is 3. The molecule has 27 heavy (non-hydrogen) atoms. The van der Waals surface area contributed by atoms with Gasteiger partial charge in [0.2, 0.25) is 0 Å². The quantitative estimate of drug-likeness (QED) is 0.541. The zero-order chi connectivity index (χ0) is 20.2. The predicted octanol–water partition coefficient (Wildman–Crippen LogP) is 2.12. The van der Waals surface area contributed by atoms with Gasteiger partial charge in [0.25, 0.3) is 11.8 Å². The van der Waals surface area contributed by atoms with Crippen molar-refractivity contribution in [3.8, 4) is 0 Å². The van der Waals surface area contributed by atoms with E-state index in [4.69, 9.17) is 5.73 Å². The molecule has 2 amide bonds. The molecule has 3 N–H and O–H groups in total. The number of rotatable bonds is 11. The molecule has 0 saturated carbocycles. The van der Waals surface area contributed by atoms with Gasteiger partial charge in [0, 0.05) is 42.7 Å². The van der Waals surface area contributed by atoms with Crippen molar-refractivity contribution < 1.29 is 14.4 Å². The van der Waals surface area contributed by atoms with Gasteiger partial charge in [-0.1, -0.05) is 39.0 Å². The zero-order valence-corrected chi connectivity index (χ0v) is 16.7. The molecule has 0 aliphatic heterocycles. The van der Waals surface area contributed by atoms with E-state index in [-0.39, 0.29) is 30.3 Å². The van der Waals surface area contributed by atoms with E-state index in [0.717, 1.165) is 19.1 Å². The van der Waals surface area contributed by atoms with Crippen LogP contribution in [0.3, 0.4) is 0 Å². The number of hydrogen-bond donors (Lipinski definition) is 2. The minimum atomic E-state index is -0.284. The molecule has 2 atom stereocenters. The minimum Gasteiger partial charge on any atom is -0.350 e. The molecule has 6 heteroatoms. The molecule has 0 fully saturated rings. The van der Waals surface area contributed by atoms with E-state index in [1.54, 1.807) is 25.2 Å². The van der Waals surface area contributed by atoms with E-state index in [0.29, 0.717) is 37.1 Å². The third kappa shape index (κ3) is 7.91. The summed E-state index contributed by atoms with van der Waals surface area (Å²) < 4.78 is 0. The fourth-order valence-electron chi connectivity index (χ4n) is 2.94. The van der Waals surface area contributed by atoms with Crippen molar-refractivity contribution >= 4 is 18.1 Å². The third-order valence-electron chi connectivity index (χ3n) is 4.30. The van der Waals surface area contributed by atoms with E-state index in [1.165, 1.54) is 0 Å². The van der Waals surface area contributed by atoms with E-state index >= 15 is 0 Å². The Morgan fingerprint density at radius 2 is 1.93 bits per heavy atom. The van der Waals surface area contributed by atoms with Crippen LogP contribution in [0.25, 0.3) is 0 Å². The number of nitrogens with two attached hydrogens (primary N) is 1. The topological polar surface area (TPSA) is 92.5 Å². The maximum Gasteiger partial charge on any atom is 0.253 e. The first-order valence-corrected chi connectivity index (χ1v) is 9.79. The molecule has 0 heterocycles. The Hall–Kier alpha value is -2.21. The van der Waals surface area contributed by atoms with Crippen molar-refractivity contribution in [3.05, 3.63) is 35.5 Å². The Kier molecular flexibility index (Phi) is 10.3. The summed E-state index contributed by atoms with van der Waals surface area (Å²) >= 11 is 0. The van der Waals surface area contributed by atoms with Gasteiger partial charge < -0.3 is 20.7 Å². The van der Waals surface area contributed by atoms with Crippen LogP contribution in [0, 0.1) is 5.92 Å². The predicted molar refractivity (Wildman–Crippen MR) is 108 cm³/mol. The zero-order valence-electron chi connectivity index (χ0n) is 16.7. The molecule has 2 unspecified atom stereocenters. The molecule has 1 aliphatic rings. The number of nitrogens with one attached hydrogen (secondary N) is 1. The van der Waals surface area contributed by atoms with Gasteiger partial charge in [0.15, 0.2) is 0 Å². The molecule has 1 aliphatic carbocycles. The Balaban J connectivity index is 2.78. The summed E-state index contributed by atoms with van der Waals surface area (Å²) in [6, 6.07) is -0.284. The fraction of sp³-hybridized carbons (Fsp3) is 0.571. The van der Waals surface area contributed by atoms with Gasteiger partial charge in [-0.3, -0.25) is 9.59 Å². The highest BCUT2D eigenvalue weighted by molar-refractivity contribution is 6.02. The first-order chi connectivity index (χ1) is 12.9. The molecule has 6 nitrogen and oxygen atoms in total. The maximum absolute atomic E-state index is 12.8. The van der Waals surface area contributed by atoms with Crippen LogP contribution in [0.5, 0.6) is 0 Å². The number of hydrogen-bond acceptors (Lipinski definition) is 4. The second-order valence-corrected chi connectivity index (χ2v) is 7.01. The second-order valence-electron chi connectivity index (χ2n) is 7.01. The van der Waals surface area contributed by atoms with E-state index in [2.05, 4.69) is 5.32 Å². The monoisotopic (exact) mass is 375 g/mol. The van der Waals surface area contributed by atoms with Crippen LogP contribution in [0.1, 0.15) is 46.5 Å².